The number of aromatic nitrogens is 2. The topological polar surface area (TPSA) is 74.1 Å². The van der Waals surface area contributed by atoms with Gasteiger partial charge in [-0.1, -0.05) is 0 Å². The van der Waals surface area contributed by atoms with Gasteiger partial charge < -0.3 is 10.1 Å². The molecule has 3 rings (SSSR count). The van der Waals surface area contributed by atoms with E-state index in [-0.39, 0.29) is 5.54 Å². The number of ether oxygens (including phenoxy) is 1. The maximum absolute atomic E-state index is 8.75. The summed E-state index contributed by atoms with van der Waals surface area (Å²) in [5.74, 6) is 3.08. The molecule has 0 bridgehead atoms. The van der Waals surface area contributed by atoms with Gasteiger partial charge in [-0.05, 0) is 12.2 Å². The molecule has 0 radical (unpaired) electrons. The Labute approximate surface area is 128 Å². The monoisotopic (exact) mass is 305 g/mol. The number of anilines is 1. The second-order valence-corrected chi connectivity index (χ2v) is 6.48. The molecule has 6 nitrogen and oxygen atoms in total. The van der Waals surface area contributed by atoms with Crippen molar-refractivity contribution in [3.05, 3.63) is 18.1 Å². The van der Waals surface area contributed by atoms with E-state index in [1.54, 1.807) is 6.20 Å². The molecule has 2 fully saturated rings. The molecule has 2 aliphatic heterocycles. The quantitative estimate of drug-likeness (QED) is 0.888. The van der Waals surface area contributed by atoms with Crippen LogP contribution in [0.1, 0.15) is 12.1 Å². The number of thioether (sulfide) groups is 1. The summed E-state index contributed by atoms with van der Waals surface area (Å²) in [7, 11) is 0. The normalized spacial score (nSPS) is 26.4. The third-order valence-electron chi connectivity index (χ3n) is 4.13. The van der Waals surface area contributed by atoms with E-state index in [4.69, 9.17) is 10.00 Å². The van der Waals surface area contributed by atoms with Gasteiger partial charge in [0.25, 0.3) is 0 Å². The Bertz CT molecular complexity index is 503. The Morgan fingerprint density at radius 1 is 1.38 bits per heavy atom. The molecule has 3 heterocycles. The van der Waals surface area contributed by atoms with Crippen molar-refractivity contribution >= 4 is 17.6 Å². The van der Waals surface area contributed by atoms with Crippen LogP contribution in [-0.4, -0.2) is 64.8 Å². The van der Waals surface area contributed by atoms with Crippen LogP contribution in [0.5, 0.6) is 0 Å². The van der Waals surface area contributed by atoms with Crippen molar-refractivity contribution in [3.8, 4) is 6.07 Å². The van der Waals surface area contributed by atoms with E-state index in [9.17, 15) is 0 Å². The molecule has 1 N–H and O–H groups in total. The lowest BCUT2D eigenvalue weighted by Crippen LogP contribution is -2.57. The minimum absolute atomic E-state index is 0.185. The Hall–Kier alpha value is -1.36. The molecule has 1 unspecified atom stereocenters. The van der Waals surface area contributed by atoms with Crippen LogP contribution in [0.3, 0.4) is 0 Å². The van der Waals surface area contributed by atoms with Gasteiger partial charge in [0.15, 0.2) is 5.69 Å². The smallest absolute Gasteiger partial charge is 0.158 e. The molecule has 1 atom stereocenters. The highest BCUT2D eigenvalue weighted by molar-refractivity contribution is 7.99. The average molecular weight is 305 g/mol. The van der Waals surface area contributed by atoms with Gasteiger partial charge in [0.05, 0.1) is 25.6 Å². The molecule has 112 valence electrons. The molecule has 7 heteroatoms. The van der Waals surface area contributed by atoms with Gasteiger partial charge in [0.2, 0.25) is 0 Å². The lowest BCUT2D eigenvalue weighted by Gasteiger charge is -2.43. The maximum Gasteiger partial charge on any atom is 0.158 e. The molecule has 21 heavy (non-hydrogen) atoms. The summed E-state index contributed by atoms with van der Waals surface area (Å²) < 4.78 is 5.47. The van der Waals surface area contributed by atoms with Gasteiger partial charge in [0.1, 0.15) is 11.9 Å². The van der Waals surface area contributed by atoms with Crippen molar-refractivity contribution in [3.63, 3.8) is 0 Å². The standard InChI is InChI=1S/C14H19N5OS/c15-7-12-8-17-13(9-16-12)18-10-14(1-6-21-11-14)19-2-4-20-5-3-19/h8-9H,1-6,10-11H2,(H,17,18). The second kappa shape index (κ2) is 6.60. The summed E-state index contributed by atoms with van der Waals surface area (Å²) in [6.45, 7) is 4.51. The largest absolute Gasteiger partial charge is 0.379 e. The number of morpholine rings is 1. The zero-order valence-corrected chi connectivity index (χ0v) is 12.7. The second-order valence-electron chi connectivity index (χ2n) is 5.38. The average Bonchev–Trinajstić information content (AvgIpc) is 3.04. The predicted molar refractivity (Wildman–Crippen MR) is 82.3 cm³/mol. The zero-order valence-electron chi connectivity index (χ0n) is 11.9. The molecule has 2 saturated heterocycles. The molecule has 0 amide bonds. The number of rotatable bonds is 4. The van der Waals surface area contributed by atoms with Crippen LogP contribution in [-0.2, 0) is 4.74 Å². The van der Waals surface area contributed by atoms with Crippen molar-refractivity contribution in [2.45, 2.75) is 12.0 Å². The molecule has 0 aliphatic carbocycles. The van der Waals surface area contributed by atoms with Crippen LogP contribution in [0.15, 0.2) is 12.4 Å². The number of hydrogen-bond donors (Lipinski definition) is 1. The van der Waals surface area contributed by atoms with E-state index in [1.807, 2.05) is 17.8 Å². The summed E-state index contributed by atoms with van der Waals surface area (Å²) in [4.78, 5) is 10.8. The Balaban J connectivity index is 1.66. The Morgan fingerprint density at radius 2 is 2.24 bits per heavy atom. The van der Waals surface area contributed by atoms with Crippen LogP contribution in [0, 0.1) is 11.3 Å². The summed E-state index contributed by atoms with van der Waals surface area (Å²) in [5, 5.41) is 12.1. The van der Waals surface area contributed by atoms with Crippen molar-refractivity contribution in [1.29, 1.82) is 5.26 Å². The number of nitriles is 1. The summed E-state index contributed by atoms with van der Waals surface area (Å²) >= 11 is 2.01. The van der Waals surface area contributed by atoms with Gasteiger partial charge in [0, 0.05) is 30.9 Å². The number of nitrogens with one attached hydrogen (secondary N) is 1. The highest BCUT2D eigenvalue weighted by Crippen LogP contribution is 2.34. The first kappa shape index (κ1) is 14.6. The van der Waals surface area contributed by atoms with Crippen molar-refractivity contribution in [2.24, 2.45) is 0 Å². The van der Waals surface area contributed by atoms with E-state index < -0.39 is 0 Å². The minimum Gasteiger partial charge on any atom is -0.379 e. The molecular formula is C14H19N5OS. The van der Waals surface area contributed by atoms with Crippen LogP contribution in [0.25, 0.3) is 0 Å². The van der Waals surface area contributed by atoms with Gasteiger partial charge in [-0.2, -0.15) is 17.0 Å². The van der Waals surface area contributed by atoms with Crippen LogP contribution >= 0.6 is 11.8 Å². The van der Waals surface area contributed by atoms with E-state index in [0.29, 0.717) is 5.69 Å². The first-order valence-electron chi connectivity index (χ1n) is 7.19. The lowest BCUT2D eigenvalue weighted by molar-refractivity contribution is -0.00922. The Morgan fingerprint density at radius 3 is 2.86 bits per heavy atom. The maximum atomic E-state index is 8.75. The van der Waals surface area contributed by atoms with E-state index in [2.05, 4.69) is 20.2 Å². The van der Waals surface area contributed by atoms with E-state index >= 15 is 0 Å². The van der Waals surface area contributed by atoms with Crippen molar-refractivity contribution < 1.29 is 4.74 Å². The molecule has 0 aromatic carbocycles. The fraction of sp³-hybridized carbons (Fsp3) is 0.643. The number of hydrogen-bond acceptors (Lipinski definition) is 7. The van der Waals surface area contributed by atoms with E-state index in [0.717, 1.165) is 44.4 Å². The number of nitrogens with zero attached hydrogens (tertiary/aromatic N) is 4. The summed E-state index contributed by atoms with van der Waals surface area (Å²) in [6, 6.07) is 1.98. The molecule has 1 aromatic rings. The zero-order chi connectivity index (χ0) is 14.5. The van der Waals surface area contributed by atoms with Crippen LogP contribution in [0.4, 0.5) is 5.82 Å². The molecule has 1 aromatic heterocycles. The first-order chi connectivity index (χ1) is 10.3. The van der Waals surface area contributed by atoms with Crippen molar-refractivity contribution in [2.75, 3.05) is 49.7 Å². The van der Waals surface area contributed by atoms with Crippen LogP contribution < -0.4 is 5.32 Å². The van der Waals surface area contributed by atoms with Gasteiger partial charge in [-0.15, -0.1) is 0 Å². The SMILES string of the molecule is N#Cc1cnc(NCC2(N3CCOCC3)CCSC2)cn1. The highest BCUT2D eigenvalue weighted by atomic mass is 32.2. The third kappa shape index (κ3) is 3.28. The minimum atomic E-state index is 0.185. The fourth-order valence-electron chi connectivity index (χ4n) is 2.87. The van der Waals surface area contributed by atoms with Gasteiger partial charge in [-0.25, -0.2) is 9.97 Å². The molecule has 0 saturated carbocycles. The highest BCUT2D eigenvalue weighted by Gasteiger charge is 2.40. The third-order valence-corrected chi connectivity index (χ3v) is 5.36. The Kier molecular flexibility index (Phi) is 4.58. The van der Waals surface area contributed by atoms with Crippen LogP contribution in [0.2, 0.25) is 0 Å². The van der Waals surface area contributed by atoms with Gasteiger partial charge >= 0.3 is 0 Å². The summed E-state index contributed by atoms with van der Waals surface area (Å²) in [5.41, 5.74) is 0.532. The summed E-state index contributed by atoms with van der Waals surface area (Å²) in [6.07, 6.45) is 4.33. The van der Waals surface area contributed by atoms with Gasteiger partial charge in [-0.3, -0.25) is 4.90 Å². The fourth-order valence-corrected chi connectivity index (χ4v) is 4.34. The first-order valence-corrected chi connectivity index (χ1v) is 8.34. The molecular weight excluding hydrogens is 286 g/mol. The molecule has 0 spiro atoms. The van der Waals surface area contributed by atoms with E-state index in [1.165, 1.54) is 18.4 Å². The van der Waals surface area contributed by atoms with Crippen molar-refractivity contribution in [1.82, 2.24) is 14.9 Å². The molecule has 2 aliphatic rings. The lowest BCUT2D eigenvalue weighted by atomic mass is 9.95. The predicted octanol–water partition coefficient (Wildman–Crippen LogP) is 0.968.